The van der Waals surface area contributed by atoms with Crippen LogP contribution in [0.25, 0.3) is 0 Å². The number of hydrogen-bond donors (Lipinski definition) is 2. The van der Waals surface area contributed by atoms with E-state index in [1.54, 1.807) is 24.3 Å². The molecule has 0 aliphatic rings. The van der Waals surface area contributed by atoms with Gasteiger partial charge in [-0.15, -0.1) is 0 Å². The molecule has 0 spiro atoms. The summed E-state index contributed by atoms with van der Waals surface area (Å²) in [4.78, 5) is 21.2. The van der Waals surface area contributed by atoms with Crippen molar-refractivity contribution >= 4 is 18.2 Å². The quantitative estimate of drug-likeness (QED) is 0.526. The van der Waals surface area contributed by atoms with Crippen LogP contribution in [0.15, 0.2) is 29.4 Å². The molecule has 21 heavy (non-hydrogen) atoms. The molecular formula is C14H18N2O5. The molecule has 0 saturated carbocycles. The Balaban J connectivity index is 2.66. The number of hydrogen-bond acceptors (Lipinski definition) is 5. The van der Waals surface area contributed by atoms with Gasteiger partial charge in [0, 0.05) is 0 Å². The van der Waals surface area contributed by atoms with Crippen LogP contribution in [0.5, 0.6) is 5.75 Å². The molecule has 0 saturated heterocycles. The Hall–Kier alpha value is -2.57. The first-order chi connectivity index (χ1) is 10.0. The third-order valence-corrected chi connectivity index (χ3v) is 2.36. The van der Waals surface area contributed by atoms with Gasteiger partial charge in [0.2, 0.25) is 0 Å². The molecule has 0 atom stereocenters. The van der Waals surface area contributed by atoms with Crippen LogP contribution in [0, 0.1) is 0 Å². The van der Waals surface area contributed by atoms with Gasteiger partial charge < -0.3 is 14.9 Å². The summed E-state index contributed by atoms with van der Waals surface area (Å²) in [5.74, 6) is -1.55. The van der Waals surface area contributed by atoms with E-state index >= 15 is 0 Å². The molecule has 1 aromatic carbocycles. The average Bonchev–Trinajstić information content (AvgIpc) is 2.42. The van der Waals surface area contributed by atoms with E-state index in [0.717, 1.165) is 22.7 Å². The molecule has 0 bridgehead atoms. The lowest BCUT2D eigenvalue weighted by atomic mass is 10.2. The molecule has 0 unspecified atom stereocenters. The number of carboxylic acid groups (broad SMARTS) is 2. The predicted octanol–water partition coefficient (Wildman–Crippen LogP) is 1.28. The Morgan fingerprint density at radius 1 is 1.19 bits per heavy atom. The fourth-order valence-electron chi connectivity index (χ4n) is 1.47. The molecule has 1 aromatic rings. The molecule has 1 rings (SSSR count). The maximum absolute atomic E-state index is 10.6. The van der Waals surface area contributed by atoms with Crippen molar-refractivity contribution in [1.29, 1.82) is 0 Å². The van der Waals surface area contributed by atoms with E-state index in [1.807, 2.05) is 6.92 Å². The van der Waals surface area contributed by atoms with Crippen molar-refractivity contribution in [3.63, 3.8) is 0 Å². The lowest BCUT2D eigenvalue weighted by Gasteiger charge is -2.13. The predicted molar refractivity (Wildman–Crippen MR) is 76.7 cm³/mol. The van der Waals surface area contributed by atoms with Crippen LogP contribution in [-0.4, -0.2) is 53.1 Å². The van der Waals surface area contributed by atoms with Crippen molar-refractivity contribution in [2.24, 2.45) is 5.10 Å². The summed E-state index contributed by atoms with van der Waals surface area (Å²) in [6.07, 6.45) is 2.33. The van der Waals surface area contributed by atoms with Crippen LogP contribution in [-0.2, 0) is 9.59 Å². The molecular weight excluding hydrogens is 276 g/mol. The van der Waals surface area contributed by atoms with Gasteiger partial charge in [-0.25, -0.2) is 0 Å². The highest BCUT2D eigenvalue weighted by Crippen LogP contribution is 2.11. The monoisotopic (exact) mass is 294 g/mol. The van der Waals surface area contributed by atoms with Crippen molar-refractivity contribution in [3.05, 3.63) is 29.8 Å². The summed E-state index contributed by atoms with van der Waals surface area (Å²) in [5, 5.41) is 22.2. The third-order valence-electron chi connectivity index (χ3n) is 2.36. The van der Waals surface area contributed by atoms with Crippen molar-refractivity contribution in [2.75, 3.05) is 19.7 Å². The second-order valence-electron chi connectivity index (χ2n) is 4.27. The number of carboxylic acids is 2. The number of aliphatic carboxylic acids is 2. The zero-order chi connectivity index (χ0) is 15.7. The fourth-order valence-corrected chi connectivity index (χ4v) is 1.47. The number of nitrogens with zero attached hydrogens (tertiary/aromatic N) is 2. The van der Waals surface area contributed by atoms with Crippen molar-refractivity contribution in [2.45, 2.75) is 13.3 Å². The third kappa shape index (κ3) is 6.95. The molecule has 0 amide bonds. The van der Waals surface area contributed by atoms with Gasteiger partial charge in [-0.3, -0.25) is 14.6 Å². The Bertz CT molecular complexity index is 483. The number of carbonyl (C=O) groups is 2. The number of hydrazone groups is 1. The second kappa shape index (κ2) is 8.57. The lowest BCUT2D eigenvalue weighted by Crippen LogP contribution is -2.30. The van der Waals surface area contributed by atoms with Crippen LogP contribution in [0.1, 0.15) is 18.9 Å². The maximum Gasteiger partial charge on any atom is 0.324 e. The topological polar surface area (TPSA) is 99.4 Å². The van der Waals surface area contributed by atoms with Gasteiger partial charge in [-0.2, -0.15) is 5.10 Å². The van der Waals surface area contributed by atoms with E-state index in [2.05, 4.69) is 5.10 Å². The lowest BCUT2D eigenvalue weighted by molar-refractivity contribution is -0.141. The van der Waals surface area contributed by atoms with E-state index in [9.17, 15) is 9.59 Å². The van der Waals surface area contributed by atoms with Gasteiger partial charge in [0.05, 0.1) is 12.8 Å². The van der Waals surface area contributed by atoms with Gasteiger partial charge in [-0.05, 0) is 36.2 Å². The Kier molecular flexibility index (Phi) is 6.73. The highest BCUT2D eigenvalue weighted by molar-refractivity contribution is 5.80. The summed E-state index contributed by atoms with van der Waals surface area (Å²) in [6, 6.07) is 7.06. The van der Waals surface area contributed by atoms with E-state index < -0.39 is 25.0 Å². The van der Waals surface area contributed by atoms with Gasteiger partial charge >= 0.3 is 11.9 Å². The molecule has 114 valence electrons. The van der Waals surface area contributed by atoms with E-state index in [0.29, 0.717) is 6.61 Å². The van der Waals surface area contributed by atoms with Crippen LogP contribution < -0.4 is 4.74 Å². The summed E-state index contributed by atoms with van der Waals surface area (Å²) >= 11 is 0. The molecule has 0 heterocycles. The summed E-state index contributed by atoms with van der Waals surface area (Å²) < 4.78 is 5.43. The number of benzene rings is 1. The van der Waals surface area contributed by atoms with Gasteiger partial charge in [0.15, 0.2) is 0 Å². The van der Waals surface area contributed by atoms with E-state index in [4.69, 9.17) is 14.9 Å². The van der Waals surface area contributed by atoms with E-state index in [1.165, 1.54) is 6.21 Å². The first kappa shape index (κ1) is 16.5. The average molecular weight is 294 g/mol. The zero-order valence-electron chi connectivity index (χ0n) is 11.7. The summed E-state index contributed by atoms with van der Waals surface area (Å²) in [5.41, 5.74) is 0.722. The van der Waals surface area contributed by atoms with Crippen molar-refractivity contribution in [1.82, 2.24) is 5.01 Å². The standard InChI is InChI=1S/C14H18N2O5/c1-2-7-21-12-5-3-11(4-6-12)8-15-16(9-13(17)18)10-14(19)20/h3-6,8H,2,7,9-10H2,1H3,(H,17,18)(H,19,20)/b15-8-. The largest absolute Gasteiger partial charge is 0.494 e. The Labute approximate surface area is 122 Å². The molecule has 7 nitrogen and oxygen atoms in total. The van der Waals surface area contributed by atoms with Crippen LogP contribution >= 0.6 is 0 Å². The normalized spacial score (nSPS) is 10.5. The Morgan fingerprint density at radius 2 is 1.76 bits per heavy atom. The van der Waals surface area contributed by atoms with Crippen LogP contribution in [0.4, 0.5) is 0 Å². The molecule has 0 radical (unpaired) electrons. The van der Waals surface area contributed by atoms with Crippen LogP contribution in [0.3, 0.4) is 0 Å². The zero-order valence-corrected chi connectivity index (χ0v) is 11.7. The molecule has 7 heteroatoms. The summed E-state index contributed by atoms with van der Waals surface area (Å²) in [6.45, 7) is 1.71. The van der Waals surface area contributed by atoms with Crippen molar-refractivity contribution < 1.29 is 24.5 Å². The minimum Gasteiger partial charge on any atom is -0.494 e. The molecule has 2 N–H and O–H groups in total. The molecule has 0 aliphatic heterocycles. The first-order valence-electron chi connectivity index (χ1n) is 6.46. The Morgan fingerprint density at radius 3 is 2.24 bits per heavy atom. The SMILES string of the molecule is CCCOc1ccc(/C=N\N(CC(=O)O)CC(=O)O)cc1. The highest BCUT2D eigenvalue weighted by atomic mass is 16.5. The minimum atomic E-state index is -1.14. The minimum absolute atomic E-state index is 0.472. The number of rotatable bonds is 9. The van der Waals surface area contributed by atoms with Gasteiger partial charge in [0.25, 0.3) is 0 Å². The smallest absolute Gasteiger partial charge is 0.324 e. The van der Waals surface area contributed by atoms with Gasteiger partial charge in [-0.1, -0.05) is 6.92 Å². The fraction of sp³-hybridized carbons (Fsp3) is 0.357. The molecule has 0 fully saturated rings. The highest BCUT2D eigenvalue weighted by Gasteiger charge is 2.10. The van der Waals surface area contributed by atoms with Crippen LogP contribution in [0.2, 0.25) is 0 Å². The maximum atomic E-state index is 10.6. The summed E-state index contributed by atoms with van der Waals surface area (Å²) in [7, 11) is 0. The number of ether oxygens (including phenoxy) is 1. The second-order valence-corrected chi connectivity index (χ2v) is 4.27. The van der Waals surface area contributed by atoms with Crippen molar-refractivity contribution in [3.8, 4) is 5.75 Å². The first-order valence-corrected chi connectivity index (χ1v) is 6.46. The van der Waals surface area contributed by atoms with Gasteiger partial charge in [0.1, 0.15) is 18.8 Å². The molecule has 0 aliphatic carbocycles. The molecule has 0 aromatic heterocycles. The van der Waals surface area contributed by atoms with E-state index in [-0.39, 0.29) is 0 Å².